The van der Waals surface area contributed by atoms with E-state index in [2.05, 4.69) is 26.8 Å². The van der Waals surface area contributed by atoms with E-state index >= 15 is 0 Å². The highest BCUT2D eigenvalue weighted by atomic mass is 35.5. The smallest absolute Gasteiger partial charge is 0.331 e. The summed E-state index contributed by atoms with van der Waals surface area (Å²) in [5.41, 5.74) is 0.809. The molecule has 1 atom stereocenters. The predicted octanol–water partition coefficient (Wildman–Crippen LogP) is 5.46. The first-order chi connectivity index (χ1) is 10.7. The SMILES string of the molecule is COC(C)(C)CCCC(C)CC=CC(C)=CC(=O)OCC(Cl)Cl. The number of methoxy groups -OCH3 is 1. The summed E-state index contributed by atoms with van der Waals surface area (Å²) in [6.07, 6.45) is 9.83. The third-order valence-corrected chi connectivity index (χ3v) is 3.90. The van der Waals surface area contributed by atoms with E-state index in [4.69, 9.17) is 32.7 Å². The van der Waals surface area contributed by atoms with Crippen LogP contribution in [0.1, 0.15) is 53.4 Å². The lowest BCUT2D eigenvalue weighted by Gasteiger charge is -2.23. The van der Waals surface area contributed by atoms with E-state index in [-0.39, 0.29) is 12.2 Å². The maximum atomic E-state index is 11.5. The molecule has 0 aliphatic heterocycles. The fraction of sp³-hybridized carbons (Fsp3) is 0.722. The molecule has 0 heterocycles. The Labute approximate surface area is 151 Å². The summed E-state index contributed by atoms with van der Waals surface area (Å²) in [6.45, 7) is 8.33. The van der Waals surface area contributed by atoms with Gasteiger partial charge >= 0.3 is 5.97 Å². The zero-order valence-corrected chi connectivity index (χ0v) is 16.4. The molecule has 0 aliphatic rings. The topological polar surface area (TPSA) is 35.5 Å². The van der Waals surface area contributed by atoms with Crippen LogP contribution in [0.2, 0.25) is 0 Å². The Hall–Kier alpha value is -0.510. The molecule has 23 heavy (non-hydrogen) atoms. The normalized spacial score (nSPS) is 14.5. The van der Waals surface area contributed by atoms with Gasteiger partial charge in [-0.25, -0.2) is 4.79 Å². The van der Waals surface area contributed by atoms with Crippen molar-refractivity contribution >= 4 is 29.2 Å². The van der Waals surface area contributed by atoms with Crippen molar-refractivity contribution in [2.45, 2.75) is 63.8 Å². The maximum Gasteiger partial charge on any atom is 0.331 e. The minimum absolute atomic E-state index is 0.00426. The molecule has 0 rings (SSSR count). The number of alkyl halides is 2. The Kier molecular flexibility index (Phi) is 11.7. The molecule has 0 spiro atoms. The summed E-state index contributed by atoms with van der Waals surface area (Å²) in [6, 6.07) is 0. The number of esters is 1. The highest BCUT2D eigenvalue weighted by Gasteiger charge is 2.15. The van der Waals surface area contributed by atoms with E-state index < -0.39 is 10.8 Å². The number of ether oxygens (including phenoxy) is 2. The van der Waals surface area contributed by atoms with E-state index in [1.54, 1.807) is 7.11 Å². The summed E-state index contributed by atoms with van der Waals surface area (Å²) in [5.74, 6) is 0.181. The van der Waals surface area contributed by atoms with Gasteiger partial charge in [-0.2, -0.15) is 0 Å². The minimum atomic E-state index is -0.688. The summed E-state index contributed by atoms with van der Waals surface area (Å²) in [7, 11) is 1.76. The van der Waals surface area contributed by atoms with Gasteiger partial charge in [0.15, 0.2) is 0 Å². The first-order valence-electron chi connectivity index (χ1n) is 8.01. The number of hydrogen-bond donors (Lipinski definition) is 0. The van der Waals surface area contributed by atoms with Crippen LogP contribution in [0.5, 0.6) is 0 Å². The Morgan fingerprint density at radius 2 is 1.96 bits per heavy atom. The van der Waals surface area contributed by atoms with Gasteiger partial charge < -0.3 is 9.47 Å². The number of halogens is 2. The number of carbonyl (C=O) groups is 1. The van der Waals surface area contributed by atoms with E-state index in [0.29, 0.717) is 5.92 Å². The minimum Gasteiger partial charge on any atom is -0.460 e. The molecule has 5 heteroatoms. The Balaban J connectivity index is 4.04. The van der Waals surface area contributed by atoms with Gasteiger partial charge in [0.2, 0.25) is 0 Å². The van der Waals surface area contributed by atoms with Crippen molar-refractivity contribution in [3.63, 3.8) is 0 Å². The molecule has 0 fully saturated rings. The van der Waals surface area contributed by atoms with Crippen LogP contribution < -0.4 is 0 Å². The average molecular weight is 365 g/mol. The molecule has 0 radical (unpaired) electrons. The Bertz CT molecular complexity index is 401. The van der Waals surface area contributed by atoms with Crippen LogP contribution >= 0.6 is 23.2 Å². The van der Waals surface area contributed by atoms with Crippen LogP contribution in [0.15, 0.2) is 23.8 Å². The predicted molar refractivity (Wildman–Crippen MR) is 98.1 cm³/mol. The molecule has 3 nitrogen and oxygen atoms in total. The fourth-order valence-electron chi connectivity index (χ4n) is 2.00. The first-order valence-corrected chi connectivity index (χ1v) is 8.88. The largest absolute Gasteiger partial charge is 0.460 e. The molecule has 0 aromatic carbocycles. The summed E-state index contributed by atoms with van der Waals surface area (Å²) < 4.78 is 10.3. The van der Waals surface area contributed by atoms with Crippen molar-refractivity contribution in [2.24, 2.45) is 5.92 Å². The fourth-order valence-corrected chi connectivity index (χ4v) is 2.13. The van der Waals surface area contributed by atoms with Crippen molar-refractivity contribution in [2.75, 3.05) is 13.7 Å². The van der Waals surface area contributed by atoms with Crippen LogP contribution in [0.3, 0.4) is 0 Å². The number of rotatable bonds is 11. The molecule has 134 valence electrons. The standard InChI is InChI=1S/C18H30Cl2O3/c1-14(10-7-11-18(3,4)22-5)8-6-9-15(2)12-17(21)23-13-16(19)20/h6,9,12,14,16H,7-8,10-11,13H2,1-5H3. The third-order valence-electron chi connectivity index (χ3n) is 3.64. The monoisotopic (exact) mass is 364 g/mol. The zero-order chi connectivity index (χ0) is 17.9. The van der Waals surface area contributed by atoms with Crippen molar-refractivity contribution in [3.8, 4) is 0 Å². The molecular weight excluding hydrogens is 335 g/mol. The average Bonchev–Trinajstić information content (AvgIpc) is 2.45. The van der Waals surface area contributed by atoms with Gasteiger partial charge in [0.05, 0.1) is 5.60 Å². The molecule has 0 bridgehead atoms. The molecule has 0 aromatic heterocycles. The highest BCUT2D eigenvalue weighted by molar-refractivity contribution is 6.44. The number of hydrogen-bond acceptors (Lipinski definition) is 3. The van der Waals surface area contributed by atoms with Gasteiger partial charge in [-0.15, -0.1) is 23.2 Å². The summed E-state index contributed by atoms with van der Waals surface area (Å²) in [5, 5.41) is 0. The van der Waals surface area contributed by atoms with Gasteiger partial charge in [0.1, 0.15) is 11.4 Å². The summed E-state index contributed by atoms with van der Waals surface area (Å²) >= 11 is 11.0. The molecule has 1 unspecified atom stereocenters. The van der Waals surface area contributed by atoms with Crippen molar-refractivity contribution in [1.82, 2.24) is 0 Å². The van der Waals surface area contributed by atoms with Gasteiger partial charge in [-0.3, -0.25) is 0 Å². The van der Waals surface area contributed by atoms with E-state index in [1.165, 1.54) is 6.08 Å². The van der Waals surface area contributed by atoms with Gasteiger partial charge in [-0.1, -0.05) is 31.9 Å². The second-order valence-electron chi connectivity index (χ2n) is 6.51. The second kappa shape index (κ2) is 11.9. The van der Waals surface area contributed by atoms with Crippen molar-refractivity contribution < 1.29 is 14.3 Å². The van der Waals surface area contributed by atoms with Gasteiger partial charge in [-0.05, 0) is 45.1 Å². The Morgan fingerprint density at radius 3 is 2.52 bits per heavy atom. The van der Waals surface area contributed by atoms with E-state index in [0.717, 1.165) is 31.3 Å². The third kappa shape index (κ3) is 13.6. The lowest BCUT2D eigenvalue weighted by molar-refractivity contribution is -0.137. The molecule has 0 amide bonds. The van der Waals surface area contributed by atoms with Crippen molar-refractivity contribution in [1.29, 1.82) is 0 Å². The first kappa shape index (κ1) is 22.5. The summed E-state index contributed by atoms with van der Waals surface area (Å²) in [4.78, 5) is 10.8. The van der Waals surface area contributed by atoms with Gasteiger partial charge in [0, 0.05) is 13.2 Å². The molecule has 0 aliphatic carbocycles. The quantitative estimate of drug-likeness (QED) is 0.211. The lowest BCUT2D eigenvalue weighted by atomic mass is 9.95. The Morgan fingerprint density at radius 1 is 1.30 bits per heavy atom. The van der Waals surface area contributed by atoms with E-state index in [9.17, 15) is 4.79 Å². The molecule has 0 aromatic rings. The maximum absolute atomic E-state index is 11.5. The van der Waals surface area contributed by atoms with Crippen molar-refractivity contribution in [3.05, 3.63) is 23.8 Å². The number of allylic oxidation sites excluding steroid dienone is 3. The lowest BCUT2D eigenvalue weighted by Crippen LogP contribution is -2.22. The van der Waals surface area contributed by atoms with Crippen LogP contribution in [-0.2, 0) is 14.3 Å². The zero-order valence-electron chi connectivity index (χ0n) is 14.9. The van der Waals surface area contributed by atoms with Gasteiger partial charge in [0.25, 0.3) is 0 Å². The molecular formula is C18H30Cl2O3. The second-order valence-corrected chi connectivity index (χ2v) is 7.79. The van der Waals surface area contributed by atoms with Crippen LogP contribution in [-0.4, -0.2) is 30.1 Å². The molecule has 0 saturated carbocycles. The van der Waals surface area contributed by atoms with Crippen LogP contribution in [0, 0.1) is 5.92 Å². The van der Waals surface area contributed by atoms with Crippen LogP contribution in [0.25, 0.3) is 0 Å². The highest BCUT2D eigenvalue weighted by Crippen LogP contribution is 2.20. The number of carbonyl (C=O) groups excluding carboxylic acids is 1. The molecule has 0 N–H and O–H groups in total. The van der Waals surface area contributed by atoms with E-state index in [1.807, 2.05) is 13.0 Å². The van der Waals surface area contributed by atoms with Crippen LogP contribution in [0.4, 0.5) is 0 Å². The molecule has 0 saturated heterocycles.